The average Bonchev–Trinajstić information content (AvgIpc) is 3.45. The van der Waals surface area contributed by atoms with Gasteiger partial charge in [0.2, 0.25) is 0 Å². The van der Waals surface area contributed by atoms with Gasteiger partial charge in [-0.2, -0.15) is 15.2 Å². The molecule has 7 rings (SSSR count). The van der Waals surface area contributed by atoms with E-state index in [1.165, 1.54) is 4.90 Å². The van der Waals surface area contributed by atoms with Crippen LogP contribution in [-0.4, -0.2) is 97.4 Å². The molecule has 3 atom stereocenters. The third-order valence-corrected chi connectivity index (χ3v) is 9.84. The second kappa shape index (κ2) is 13.2. The Morgan fingerprint density at radius 1 is 1.12 bits per heavy atom. The highest BCUT2D eigenvalue weighted by Gasteiger charge is 2.37. The topological polar surface area (TPSA) is 104 Å². The van der Waals surface area contributed by atoms with E-state index in [9.17, 15) is 14.4 Å². The second-order valence-corrected chi connectivity index (χ2v) is 13.0. The number of aromatic nitrogens is 2. The highest BCUT2D eigenvalue weighted by Crippen LogP contribution is 2.46. The number of amides is 1. The van der Waals surface area contributed by atoms with Gasteiger partial charge in [0.15, 0.2) is 5.83 Å². The van der Waals surface area contributed by atoms with Crippen molar-refractivity contribution in [3.05, 3.63) is 65.5 Å². The van der Waals surface area contributed by atoms with Gasteiger partial charge >= 0.3 is 6.01 Å². The van der Waals surface area contributed by atoms with Crippen LogP contribution in [-0.2, 0) is 16.0 Å². The van der Waals surface area contributed by atoms with Crippen molar-refractivity contribution in [3.8, 4) is 29.0 Å². The fraction of sp³-hybridized carbons (Fsp3) is 0.389. The molecule has 0 bridgehead atoms. The maximum atomic E-state index is 14.0. The predicted octanol–water partition coefficient (Wildman–Crippen LogP) is 5.55. The molecular formula is C36H36ClFN6O4. The Bertz CT molecular complexity index is 1960. The lowest BCUT2D eigenvalue weighted by Gasteiger charge is -2.41. The van der Waals surface area contributed by atoms with E-state index in [1.54, 1.807) is 7.11 Å². The minimum Gasteiger partial charge on any atom is -0.492 e. The van der Waals surface area contributed by atoms with Gasteiger partial charge in [-0.25, -0.2) is 4.39 Å². The SMILES string of the molecule is C=C(F)C(=O)N1CCN(c2nc(O[C@@H]3CN(C)C[C@H]3OC)nc3cc(-c4cccc5cccc(Cl)c45)c4c(c23)OCCC4)C[C@@H]1CC#N. The number of nitriles is 1. The van der Waals surface area contributed by atoms with Crippen LogP contribution in [0.2, 0.25) is 5.02 Å². The zero-order chi connectivity index (χ0) is 33.5. The minimum absolute atomic E-state index is 0.0203. The molecule has 0 unspecified atom stereocenters. The van der Waals surface area contributed by atoms with Crippen molar-refractivity contribution < 1.29 is 23.4 Å². The van der Waals surface area contributed by atoms with E-state index in [0.717, 1.165) is 45.7 Å². The molecule has 0 spiro atoms. The van der Waals surface area contributed by atoms with Crippen molar-refractivity contribution in [1.82, 2.24) is 19.8 Å². The van der Waals surface area contributed by atoms with Crippen molar-refractivity contribution >= 4 is 45.0 Å². The number of carbonyl (C=O) groups is 1. The van der Waals surface area contributed by atoms with Crippen molar-refractivity contribution in [2.24, 2.45) is 0 Å². The van der Waals surface area contributed by atoms with Crippen LogP contribution >= 0.6 is 11.6 Å². The summed E-state index contributed by atoms with van der Waals surface area (Å²) in [6, 6.07) is 15.9. The molecule has 12 heteroatoms. The molecule has 3 aliphatic rings. The Morgan fingerprint density at radius 2 is 1.92 bits per heavy atom. The lowest BCUT2D eigenvalue weighted by atomic mass is 9.89. The van der Waals surface area contributed by atoms with Gasteiger partial charge in [-0.3, -0.25) is 9.69 Å². The fourth-order valence-electron chi connectivity index (χ4n) is 7.29. The van der Waals surface area contributed by atoms with Crippen LogP contribution in [0.15, 0.2) is 54.9 Å². The highest BCUT2D eigenvalue weighted by atomic mass is 35.5. The number of methoxy groups -OCH3 is 1. The number of piperazine rings is 1. The molecule has 0 N–H and O–H groups in total. The number of anilines is 1. The first-order chi connectivity index (χ1) is 23.3. The van der Waals surface area contributed by atoms with Crippen LogP contribution < -0.4 is 14.4 Å². The van der Waals surface area contributed by atoms with E-state index in [0.29, 0.717) is 48.3 Å². The Balaban J connectivity index is 1.42. The molecule has 0 radical (unpaired) electrons. The van der Waals surface area contributed by atoms with E-state index in [-0.39, 0.29) is 37.7 Å². The monoisotopic (exact) mass is 670 g/mol. The summed E-state index contributed by atoms with van der Waals surface area (Å²) in [7, 11) is 3.68. The summed E-state index contributed by atoms with van der Waals surface area (Å²) in [5.74, 6) is -0.582. The van der Waals surface area contributed by atoms with E-state index < -0.39 is 17.8 Å². The Labute approximate surface area is 283 Å². The van der Waals surface area contributed by atoms with Gasteiger partial charge in [-0.05, 0) is 48.5 Å². The van der Waals surface area contributed by atoms with E-state index in [2.05, 4.69) is 29.7 Å². The molecule has 3 aromatic carbocycles. The molecule has 4 heterocycles. The van der Waals surface area contributed by atoms with Crippen LogP contribution in [0.5, 0.6) is 11.8 Å². The van der Waals surface area contributed by atoms with Crippen molar-refractivity contribution in [2.45, 2.75) is 37.5 Å². The molecule has 248 valence electrons. The molecular weight excluding hydrogens is 635 g/mol. The quantitative estimate of drug-likeness (QED) is 0.234. The summed E-state index contributed by atoms with van der Waals surface area (Å²) in [4.78, 5) is 28.2. The number of nitrogens with zero attached hydrogens (tertiary/aromatic N) is 6. The first kappa shape index (κ1) is 32.1. The summed E-state index contributed by atoms with van der Waals surface area (Å²) in [6.45, 7) is 5.85. The molecule has 48 heavy (non-hydrogen) atoms. The number of rotatable bonds is 7. The number of fused-ring (bicyclic) bond motifs is 4. The Kier molecular flexibility index (Phi) is 8.81. The van der Waals surface area contributed by atoms with Crippen LogP contribution in [0.4, 0.5) is 10.2 Å². The van der Waals surface area contributed by atoms with Crippen molar-refractivity contribution in [1.29, 1.82) is 5.26 Å². The molecule has 0 aliphatic carbocycles. The molecule has 10 nitrogen and oxygen atoms in total. The molecule has 0 saturated carbocycles. The molecule has 1 aromatic heterocycles. The number of hydrogen-bond acceptors (Lipinski definition) is 9. The number of likely N-dealkylation sites (tertiary alicyclic amines) is 1. The summed E-state index contributed by atoms with van der Waals surface area (Å²) in [5, 5.41) is 13.0. The molecule has 1 amide bonds. The third-order valence-electron chi connectivity index (χ3n) is 9.53. The van der Waals surface area contributed by atoms with E-state index in [1.807, 2.05) is 42.3 Å². The van der Waals surface area contributed by atoms with Gasteiger partial charge in [0.05, 0.1) is 36.0 Å². The standard InChI is InChI=1S/C36H36ClFN6O4/c1-21(38)35(45)44-15-14-43(18-23(44)12-13-39)34-32-28(40-36(41-34)48-30-20-42(2)19-29(30)46-3)17-26(25-10-6-16-47-33(25)32)24-9-4-7-22-8-5-11-27(37)31(22)24/h4-5,7-9,11,17,23,29-30H,1,6,10,12,14-16,18-20H2,2-3H3/t23-,29+,30+/m0/s1. The minimum atomic E-state index is -1.05. The summed E-state index contributed by atoms with van der Waals surface area (Å²) in [6.07, 6.45) is 1.17. The first-order valence-corrected chi connectivity index (χ1v) is 16.5. The van der Waals surface area contributed by atoms with E-state index in [4.69, 9.17) is 35.8 Å². The largest absolute Gasteiger partial charge is 0.492 e. The summed E-state index contributed by atoms with van der Waals surface area (Å²) >= 11 is 6.81. The molecule has 4 aromatic rings. The molecule has 3 aliphatic heterocycles. The number of likely N-dealkylation sites (N-methyl/N-ethyl adjacent to an activating group) is 1. The van der Waals surface area contributed by atoms with Crippen molar-refractivity contribution in [2.75, 3.05) is 58.4 Å². The lowest BCUT2D eigenvalue weighted by molar-refractivity contribution is -0.131. The number of carbonyl (C=O) groups excluding carboxylic acids is 1. The molecule has 2 saturated heterocycles. The third kappa shape index (κ3) is 5.78. The first-order valence-electron chi connectivity index (χ1n) is 16.1. The number of halogens is 2. The predicted molar refractivity (Wildman–Crippen MR) is 182 cm³/mol. The summed E-state index contributed by atoms with van der Waals surface area (Å²) in [5.41, 5.74) is 3.62. The van der Waals surface area contributed by atoms with E-state index >= 15 is 0 Å². The fourth-order valence-corrected chi connectivity index (χ4v) is 7.57. The number of ether oxygens (including phenoxy) is 3. The number of hydrogen-bond donors (Lipinski definition) is 0. The zero-order valence-corrected chi connectivity index (χ0v) is 27.7. The van der Waals surface area contributed by atoms with Crippen LogP contribution in [0.3, 0.4) is 0 Å². The zero-order valence-electron chi connectivity index (χ0n) is 26.9. The molecule has 2 fully saturated rings. The smallest absolute Gasteiger partial charge is 0.319 e. The van der Waals surface area contributed by atoms with Gasteiger partial charge in [-0.1, -0.05) is 48.5 Å². The highest BCUT2D eigenvalue weighted by molar-refractivity contribution is 6.36. The van der Waals surface area contributed by atoms with Gasteiger partial charge in [-0.15, -0.1) is 0 Å². The van der Waals surface area contributed by atoms with Crippen molar-refractivity contribution in [3.63, 3.8) is 0 Å². The van der Waals surface area contributed by atoms with Gasteiger partial charge < -0.3 is 24.0 Å². The van der Waals surface area contributed by atoms with Crippen LogP contribution in [0.1, 0.15) is 18.4 Å². The average molecular weight is 671 g/mol. The van der Waals surface area contributed by atoms with Crippen LogP contribution in [0, 0.1) is 11.3 Å². The normalized spacial score (nSPS) is 21.2. The lowest BCUT2D eigenvalue weighted by Crippen LogP contribution is -2.55. The summed E-state index contributed by atoms with van der Waals surface area (Å²) < 4.78 is 32.7. The van der Waals surface area contributed by atoms with Gasteiger partial charge in [0.1, 0.15) is 23.8 Å². The van der Waals surface area contributed by atoms with Gasteiger partial charge in [0, 0.05) is 55.8 Å². The van der Waals surface area contributed by atoms with Crippen LogP contribution in [0.25, 0.3) is 32.8 Å². The van der Waals surface area contributed by atoms with Gasteiger partial charge in [0.25, 0.3) is 5.91 Å². The number of benzene rings is 3. The maximum absolute atomic E-state index is 14.0. The maximum Gasteiger partial charge on any atom is 0.319 e. The second-order valence-electron chi connectivity index (χ2n) is 12.6. The Hall–Kier alpha value is -4.50. The Morgan fingerprint density at radius 3 is 2.69 bits per heavy atom.